The van der Waals surface area contributed by atoms with Crippen molar-refractivity contribution in [3.8, 4) is 0 Å². The fraction of sp³-hybridized carbons (Fsp3) is 1.00. The Balaban J connectivity index is 1.80. The summed E-state index contributed by atoms with van der Waals surface area (Å²) in [6, 6.07) is 0. The summed E-state index contributed by atoms with van der Waals surface area (Å²) in [7, 11) is 0. The Morgan fingerprint density at radius 3 is 3.14 bits per heavy atom. The summed E-state index contributed by atoms with van der Waals surface area (Å²) in [5.41, 5.74) is 2.96. The molecule has 0 aromatic carbocycles. The van der Waals surface area contributed by atoms with Gasteiger partial charge in [-0.15, -0.1) is 0 Å². The van der Waals surface area contributed by atoms with Crippen LogP contribution in [0.15, 0.2) is 0 Å². The van der Waals surface area contributed by atoms with Crippen molar-refractivity contribution in [1.82, 2.24) is 5.48 Å². The molecule has 0 amide bonds. The Labute approximate surface area is 53.8 Å². The fourth-order valence-electron chi connectivity index (χ4n) is 0.281. The molecule has 3 heteroatoms. The van der Waals surface area contributed by atoms with Crippen molar-refractivity contribution in [3.63, 3.8) is 0 Å². The predicted molar refractivity (Wildman–Crippen MR) is 23.4 cm³/mol. The standard InChI is InChI=1S/C4H9INO/c1-2-7-6-4-3-5-4/h4,6H,2-3H2,1H3/q-1. The minimum atomic E-state index is 0.525. The Morgan fingerprint density at radius 2 is 2.71 bits per heavy atom. The van der Waals surface area contributed by atoms with Gasteiger partial charge in [-0.25, -0.2) is 0 Å². The quantitative estimate of drug-likeness (QED) is 0.233. The molecular formula is C4H9INO-. The van der Waals surface area contributed by atoms with Crippen LogP contribution in [0.2, 0.25) is 0 Å². The number of nitrogens with one attached hydrogen (secondary N) is 1. The number of halogens is 1. The van der Waals surface area contributed by atoms with Gasteiger partial charge in [-0.3, -0.25) is 0 Å². The molecule has 0 aliphatic carbocycles. The zero-order valence-corrected chi connectivity index (χ0v) is 6.44. The molecule has 0 aromatic heterocycles. The van der Waals surface area contributed by atoms with Crippen LogP contribution in [-0.2, 0) is 4.84 Å². The first kappa shape index (κ1) is 5.78. The second-order valence-electron chi connectivity index (χ2n) is 1.33. The molecule has 0 radical (unpaired) electrons. The van der Waals surface area contributed by atoms with E-state index in [1.165, 1.54) is 4.43 Å². The fourth-order valence-corrected chi connectivity index (χ4v) is 1.07. The molecule has 2 nitrogen and oxygen atoms in total. The van der Waals surface area contributed by atoms with Crippen molar-refractivity contribution in [2.24, 2.45) is 0 Å². The van der Waals surface area contributed by atoms with E-state index in [2.05, 4.69) is 5.48 Å². The summed E-state index contributed by atoms with van der Waals surface area (Å²) in [6.07, 6.45) is 0. The molecule has 1 heterocycles. The van der Waals surface area contributed by atoms with Gasteiger partial charge in [0.1, 0.15) is 0 Å². The van der Waals surface area contributed by atoms with Crippen molar-refractivity contribution in [2.45, 2.75) is 11.0 Å². The molecule has 7 heavy (non-hydrogen) atoms. The zero-order chi connectivity index (χ0) is 5.11. The van der Waals surface area contributed by atoms with Crippen LogP contribution in [0.1, 0.15) is 6.92 Å². The first-order chi connectivity index (χ1) is 3.43. The normalized spacial score (nSPS) is 29.0. The van der Waals surface area contributed by atoms with Crippen LogP contribution in [0.4, 0.5) is 0 Å². The Morgan fingerprint density at radius 1 is 2.00 bits per heavy atom. The molecule has 1 saturated heterocycles. The van der Waals surface area contributed by atoms with E-state index in [-0.39, 0.29) is 0 Å². The first-order valence-electron chi connectivity index (χ1n) is 2.38. The number of rotatable bonds is 3. The van der Waals surface area contributed by atoms with Gasteiger partial charge >= 0.3 is 53.5 Å². The molecule has 0 bridgehead atoms. The first-order valence-corrected chi connectivity index (χ1v) is 5.15. The minimum absolute atomic E-state index is 0.525. The van der Waals surface area contributed by atoms with Gasteiger partial charge in [-0.2, -0.15) is 0 Å². The molecule has 1 unspecified atom stereocenters. The maximum absolute atomic E-state index is 4.93. The third kappa shape index (κ3) is 2.46. The van der Waals surface area contributed by atoms with E-state index >= 15 is 0 Å². The van der Waals surface area contributed by atoms with Gasteiger partial charge < -0.3 is 0 Å². The van der Waals surface area contributed by atoms with Gasteiger partial charge in [-0.1, -0.05) is 0 Å². The average Bonchev–Trinajstić information content (AvgIpc) is 2.42. The van der Waals surface area contributed by atoms with E-state index in [0.717, 1.165) is 10.7 Å². The summed E-state index contributed by atoms with van der Waals surface area (Å²) in [5, 5.41) is 0. The van der Waals surface area contributed by atoms with Crippen molar-refractivity contribution >= 4 is 0 Å². The number of alkyl halides is 2. The zero-order valence-electron chi connectivity index (χ0n) is 4.28. The summed E-state index contributed by atoms with van der Waals surface area (Å²) in [5.74, 6) is 0. The Bertz CT molecular complexity index is 55.7. The molecule has 1 aliphatic rings. The van der Waals surface area contributed by atoms with Gasteiger partial charge in [-0.05, 0) is 0 Å². The Hall–Kier alpha value is 0.650. The molecule has 1 N–H and O–H groups in total. The van der Waals surface area contributed by atoms with Crippen LogP contribution in [0.3, 0.4) is 0 Å². The monoisotopic (exact) mass is 214 g/mol. The molecule has 44 valence electrons. The molecule has 1 aliphatic heterocycles. The number of hydrogen-bond donors (Lipinski definition) is 1. The predicted octanol–water partition coefficient (Wildman–Crippen LogP) is -3.04. The van der Waals surface area contributed by atoms with Crippen LogP contribution in [-0.4, -0.2) is 15.1 Å². The van der Waals surface area contributed by atoms with Crippen molar-refractivity contribution in [1.29, 1.82) is 0 Å². The van der Waals surface area contributed by atoms with Gasteiger partial charge in [0.25, 0.3) is 0 Å². The van der Waals surface area contributed by atoms with Gasteiger partial charge in [0.15, 0.2) is 0 Å². The second kappa shape index (κ2) is 2.84. The van der Waals surface area contributed by atoms with Gasteiger partial charge in [0, 0.05) is 0 Å². The summed E-state index contributed by atoms with van der Waals surface area (Å²) >= 11 is 0.525. The van der Waals surface area contributed by atoms with E-state index in [1.807, 2.05) is 6.92 Å². The van der Waals surface area contributed by atoms with Crippen LogP contribution in [0.25, 0.3) is 0 Å². The van der Waals surface area contributed by atoms with Gasteiger partial charge in [0.2, 0.25) is 0 Å². The van der Waals surface area contributed by atoms with Crippen LogP contribution in [0, 0.1) is 0 Å². The van der Waals surface area contributed by atoms with Crippen molar-refractivity contribution < 1.29 is 26.0 Å². The third-order valence-electron chi connectivity index (χ3n) is 0.664. The molecule has 0 spiro atoms. The van der Waals surface area contributed by atoms with Gasteiger partial charge in [0.05, 0.1) is 0 Å². The summed E-state index contributed by atoms with van der Waals surface area (Å²) < 4.78 is 2.19. The third-order valence-corrected chi connectivity index (χ3v) is 2.68. The van der Waals surface area contributed by atoms with E-state index in [1.54, 1.807) is 0 Å². The van der Waals surface area contributed by atoms with E-state index in [0.29, 0.717) is 21.2 Å². The van der Waals surface area contributed by atoms with Crippen molar-refractivity contribution in [3.05, 3.63) is 0 Å². The second-order valence-corrected chi connectivity index (χ2v) is 4.59. The Kier molecular flexibility index (Phi) is 2.34. The summed E-state index contributed by atoms with van der Waals surface area (Å²) in [6.45, 7) is 2.79. The number of hydroxylamine groups is 1. The van der Waals surface area contributed by atoms with Crippen LogP contribution >= 0.6 is 0 Å². The molecule has 1 atom stereocenters. The van der Waals surface area contributed by atoms with Crippen LogP contribution in [0.5, 0.6) is 0 Å². The topological polar surface area (TPSA) is 21.3 Å². The molecule has 1 rings (SSSR count). The SMILES string of the molecule is CCONC1C[I-]1. The molecule has 0 aromatic rings. The van der Waals surface area contributed by atoms with Crippen LogP contribution < -0.4 is 26.7 Å². The number of hydrogen-bond acceptors (Lipinski definition) is 2. The van der Waals surface area contributed by atoms with E-state index in [4.69, 9.17) is 4.84 Å². The van der Waals surface area contributed by atoms with Crippen molar-refractivity contribution in [2.75, 3.05) is 11.0 Å². The average molecular weight is 214 g/mol. The maximum atomic E-state index is 4.93. The van der Waals surface area contributed by atoms with E-state index < -0.39 is 0 Å². The summed E-state index contributed by atoms with van der Waals surface area (Å²) in [4.78, 5) is 4.93. The van der Waals surface area contributed by atoms with E-state index in [9.17, 15) is 0 Å². The molecular weight excluding hydrogens is 205 g/mol. The molecule has 0 saturated carbocycles. The molecule has 1 fully saturated rings.